The Balaban J connectivity index is 2.95. The van der Waals surface area contributed by atoms with Gasteiger partial charge in [-0.2, -0.15) is 0 Å². The molecule has 2 atom stereocenters. The number of aryl methyl sites for hydroxylation is 2. The number of imidazole rings is 1. The van der Waals surface area contributed by atoms with Crippen molar-refractivity contribution >= 4 is 16.0 Å². The maximum absolute atomic E-state index is 12.1. The molecule has 0 aliphatic rings. The van der Waals surface area contributed by atoms with Gasteiger partial charge in [-0.05, 0) is 20.8 Å². The average molecular weight is 289 g/mol. The van der Waals surface area contributed by atoms with E-state index in [1.165, 1.54) is 20.0 Å². The number of hydrogen-bond acceptors (Lipinski definition) is 4. The number of nitrogens with zero attached hydrogens (tertiary/aromatic N) is 2. The Labute approximate surface area is 112 Å². The molecule has 0 aromatic carbocycles. The third-order valence-corrected chi connectivity index (χ3v) is 4.48. The molecule has 1 rings (SSSR count). The minimum absolute atomic E-state index is 0.0868. The van der Waals surface area contributed by atoms with Gasteiger partial charge in [0.05, 0.1) is 5.92 Å². The van der Waals surface area contributed by atoms with Crippen LogP contribution in [0.1, 0.15) is 26.6 Å². The van der Waals surface area contributed by atoms with E-state index < -0.39 is 28.0 Å². The second kappa shape index (κ2) is 5.70. The van der Waals surface area contributed by atoms with Gasteiger partial charge in [-0.25, -0.2) is 18.1 Å². The quantitative estimate of drug-likeness (QED) is 0.798. The zero-order valence-corrected chi connectivity index (χ0v) is 12.2. The highest BCUT2D eigenvalue weighted by Gasteiger charge is 2.27. The van der Waals surface area contributed by atoms with Crippen LogP contribution >= 0.6 is 0 Å². The topological polar surface area (TPSA) is 101 Å². The predicted molar refractivity (Wildman–Crippen MR) is 69.2 cm³/mol. The molecule has 0 spiro atoms. The van der Waals surface area contributed by atoms with Crippen LogP contribution in [-0.4, -0.2) is 35.1 Å². The number of carbonyl (C=O) groups is 1. The van der Waals surface area contributed by atoms with E-state index in [1.807, 2.05) is 6.92 Å². The maximum Gasteiger partial charge on any atom is 0.307 e. The Bertz CT molecular complexity index is 564. The summed E-state index contributed by atoms with van der Waals surface area (Å²) in [6, 6.07) is -0.713. The maximum atomic E-state index is 12.1. The van der Waals surface area contributed by atoms with E-state index in [9.17, 15) is 13.2 Å². The third-order valence-electron chi connectivity index (χ3n) is 3.05. The van der Waals surface area contributed by atoms with E-state index >= 15 is 0 Å². The van der Waals surface area contributed by atoms with Crippen LogP contribution in [0.15, 0.2) is 11.2 Å². The van der Waals surface area contributed by atoms with Crippen LogP contribution in [-0.2, 0) is 21.4 Å². The summed E-state index contributed by atoms with van der Waals surface area (Å²) in [4.78, 5) is 14.8. The lowest BCUT2D eigenvalue weighted by molar-refractivity contribution is -0.141. The molecule has 19 heavy (non-hydrogen) atoms. The van der Waals surface area contributed by atoms with Crippen LogP contribution in [0, 0.1) is 12.8 Å². The van der Waals surface area contributed by atoms with Crippen LogP contribution in [0.5, 0.6) is 0 Å². The van der Waals surface area contributed by atoms with Crippen molar-refractivity contribution < 1.29 is 18.3 Å². The summed E-state index contributed by atoms with van der Waals surface area (Å²) in [7, 11) is -3.80. The van der Waals surface area contributed by atoms with Gasteiger partial charge in [0, 0.05) is 18.8 Å². The minimum atomic E-state index is -3.80. The second-order valence-corrected chi connectivity index (χ2v) is 6.11. The molecule has 1 aromatic rings. The first kappa shape index (κ1) is 15.6. The number of aromatic nitrogens is 2. The molecule has 0 radical (unpaired) electrons. The summed E-state index contributed by atoms with van der Waals surface area (Å²) in [5.74, 6) is -1.27. The first-order chi connectivity index (χ1) is 8.69. The smallest absolute Gasteiger partial charge is 0.307 e. The molecule has 2 N–H and O–H groups in total. The SMILES string of the molecule is CCn1cc(S(=O)(=O)NC(C)C(C)C(=O)O)nc1C. The van der Waals surface area contributed by atoms with Gasteiger partial charge in [-0.15, -0.1) is 0 Å². The van der Waals surface area contributed by atoms with E-state index in [0.29, 0.717) is 12.4 Å². The van der Waals surface area contributed by atoms with Crippen LogP contribution in [0.2, 0.25) is 0 Å². The van der Waals surface area contributed by atoms with Gasteiger partial charge in [0.15, 0.2) is 5.03 Å². The number of sulfonamides is 1. The molecule has 0 saturated heterocycles. The summed E-state index contributed by atoms with van der Waals surface area (Å²) >= 11 is 0. The molecule has 7 nitrogen and oxygen atoms in total. The molecule has 0 fully saturated rings. The van der Waals surface area contributed by atoms with Crippen molar-refractivity contribution in [3.8, 4) is 0 Å². The molecule has 8 heteroatoms. The first-order valence-corrected chi connectivity index (χ1v) is 7.46. The van der Waals surface area contributed by atoms with E-state index in [4.69, 9.17) is 5.11 Å². The molecule has 1 aromatic heterocycles. The molecule has 108 valence electrons. The second-order valence-electron chi connectivity index (χ2n) is 4.45. The molecule has 1 heterocycles. The lowest BCUT2D eigenvalue weighted by Crippen LogP contribution is -2.40. The normalized spacial score (nSPS) is 15.2. The van der Waals surface area contributed by atoms with E-state index in [2.05, 4.69) is 9.71 Å². The third kappa shape index (κ3) is 3.54. The predicted octanol–water partition coefficient (Wildman–Crippen LogP) is 0.599. The number of rotatable bonds is 6. The molecule has 2 unspecified atom stereocenters. The fourth-order valence-electron chi connectivity index (χ4n) is 1.55. The fourth-order valence-corrected chi connectivity index (χ4v) is 2.88. The van der Waals surface area contributed by atoms with Crippen molar-refractivity contribution in [1.29, 1.82) is 0 Å². The van der Waals surface area contributed by atoms with Crippen LogP contribution in [0.25, 0.3) is 0 Å². The first-order valence-electron chi connectivity index (χ1n) is 5.98. The lowest BCUT2D eigenvalue weighted by atomic mass is 10.1. The molecule has 0 aliphatic carbocycles. The molecule has 0 amide bonds. The Morgan fingerprint density at radius 3 is 2.53 bits per heavy atom. The number of hydrogen-bond donors (Lipinski definition) is 2. The highest BCUT2D eigenvalue weighted by molar-refractivity contribution is 7.89. The van der Waals surface area contributed by atoms with Crippen LogP contribution in [0.3, 0.4) is 0 Å². The monoisotopic (exact) mass is 289 g/mol. The van der Waals surface area contributed by atoms with Gasteiger partial charge in [-0.3, -0.25) is 4.79 Å². The molecule has 0 aliphatic heterocycles. The van der Waals surface area contributed by atoms with Crippen molar-refractivity contribution in [2.24, 2.45) is 5.92 Å². The Kier molecular flexibility index (Phi) is 4.70. The molecule has 0 bridgehead atoms. The summed E-state index contributed by atoms with van der Waals surface area (Å²) < 4.78 is 28.2. The number of carboxylic acid groups (broad SMARTS) is 1. The summed E-state index contributed by atoms with van der Waals surface area (Å²) in [6.45, 7) is 7.18. The van der Waals surface area contributed by atoms with E-state index in [-0.39, 0.29) is 5.03 Å². The molecule has 0 saturated carbocycles. The Hall–Kier alpha value is -1.41. The van der Waals surface area contributed by atoms with Crippen LogP contribution in [0.4, 0.5) is 0 Å². The minimum Gasteiger partial charge on any atom is -0.481 e. The molecular weight excluding hydrogens is 270 g/mol. The summed E-state index contributed by atoms with van der Waals surface area (Å²) in [5, 5.41) is 8.76. The average Bonchev–Trinajstić information content (AvgIpc) is 2.69. The van der Waals surface area contributed by atoms with Gasteiger partial charge in [0.25, 0.3) is 10.0 Å². The number of aliphatic carboxylic acids is 1. The number of carboxylic acids is 1. The van der Waals surface area contributed by atoms with Crippen molar-refractivity contribution in [3.05, 3.63) is 12.0 Å². The van der Waals surface area contributed by atoms with Crippen molar-refractivity contribution in [2.45, 2.75) is 45.3 Å². The highest BCUT2D eigenvalue weighted by atomic mass is 32.2. The van der Waals surface area contributed by atoms with Gasteiger partial charge < -0.3 is 9.67 Å². The largest absolute Gasteiger partial charge is 0.481 e. The lowest BCUT2D eigenvalue weighted by Gasteiger charge is -2.16. The van der Waals surface area contributed by atoms with Crippen LogP contribution < -0.4 is 4.72 Å². The van der Waals surface area contributed by atoms with Crippen molar-refractivity contribution in [3.63, 3.8) is 0 Å². The van der Waals surface area contributed by atoms with Gasteiger partial charge in [-0.1, -0.05) is 6.92 Å². The van der Waals surface area contributed by atoms with Gasteiger partial charge in [0.2, 0.25) is 0 Å². The molecular formula is C11H19N3O4S. The van der Waals surface area contributed by atoms with E-state index in [1.54, 1.807) is 11.5 Å². The zero-order valence-electron chi connectivity index (χ0n) is 11.4. The Morgan fingerprint density at radius 2 is 2.11 bits per heavy atom. The van der Waals surface area contributed by atoms with Crippen molar-refractivity contribution in [1.82, 2.24) is 14.3 Å². The Morgan fingerprint density at radius 1 is 1.53 bits per heavy atom. The summed E-state index contributed by atoms with van der Waals surface area (Å²) in [5.41, 5.74) is 0. The van der Waals surface area contributed by atoms with Gasteiger partial charge >= 0.3 is 5.97 Å². The highest BCUT2D eigenvalue weighted by Crippen LogP contribution is 2.12. The number of nitrogens with one attached hydrogen (secondary N) is 1. The summed E-state index contributed by atoms with van der Waals surface area (Å²) in [6.07, 6.45) is 1.44. The fraction of sp³-hybridized carbons (Fsp3) is 0.636. The van der Waals surface area contributed by atoms with E-state index in [0.717, 1.165) is 0 Å². The van der Waals surface area contributed by atoms with Gasteiger partial charge in [0.1, 0.15) is 5.82 Å². The van der Waals surface area contributed by atoms with Crippen molar-refractivity contribution in [2.75, 3.05) is 0 Å². The standard InChI is InChI=1S/C11H19N3O4S/c1-5-14-6-10(12-9(14)4)19(17,18)13-8(3)7(2)11(15)16/h6-8,13H,5H2,1-4H3,(H,15,16). The zero-order chi connectivity index (χ0) is 14.8.